The Balaban J connectivity index is 2.60. The summed E-state index contributed by atoms with van der Waals surface area (Å²) >= 11 is 0. The highest BCUT2D eigenvalue weighted by Gasteiger charge is 2.35. The van der Waals surface area contributed by atoms with Gasteiger partial charge in [0.25, 0.3) is 0 Å². The van der Waals surface area contributed by atoms with Crippen molar-refractivity contribution in [3.8, 4) is 5.69 Å². The summed E-state index contributed by atoms with van der Waals surface area (Å²) in [6.07, 6.45) is -4.60. The number of hydrogen-bond donors (Lipinski definition) is 1. The molecular formula is C13H12F3N3O. The van der Waals surface area contributed by atoms with E-state index in [-0.39, 0.29) is 12.2 Å². The molecular weight excluding hydrogens is 271 g/mol. The lowest BCUT2D eigenvalue weighted by Crippen LogP contribution is -2.09. The van der Waals surface area contributed by atoms with E-state index in [9.17, 15) is 18.0 Å². The van der Waals surface area contributed by atoms with Gasteiger partial charge in [0.2, 0.25) is 0 Å². The van der Waals surface area contributed by atoms with E-state index >= 15 is 0 Å². The number of alkyl halides is 3. The van der Waals surface area contributed by atoms with Crippen LogP contribution >= 0.6 is 0 Å². The molecule has 0 aliphatic rings. The Kier molecular flexibility index (Phi) is 3.63. The zero-order valence-corrected chi connectivity index (χ0v) is 10.6. The van der Waals surface area contributed by atoms with Crippen LogP contribution < -0.4 is 5.73 Å². The van der Waals surface area contributed by atoms with E-state index in [1.54, 1.807) is 24.3 Å². The van der Waals surface area contributed by atoms with Crippen molar-refractivity contribution in [3.63, 3.8) is 0 Å². The van der Waals surface area contributed by atoms with E-state index in [0.717, 1.165) is 16.3 Å². The van der Waals surface area contributed by atoms with Gasteiger partial charge in [-0.15, -0.1) is 0 Å². The van der Waals surface area contributed by atoms with Crippen LogP contribution in [0.4, 0.5) is 13.2 Å². The highest BCUT2D eigenvalue weighted by Crippen LogP contribution is 2.29. The number of rotatable bonds is 3. The number of Topliss-reactive ketones (excluding diaryl/α,β-unsaturated/α-hetero) is 1. The van der Waals surface area contributed by atoms with Crippen LogP contribution in [0.2, 0.25) is 0 Å². The summed E-state index contributed by atoms with van der Waals surface area (Å²) in [6, 6.07) is 7.30. The molecule has 2 N–H and O–H groups in total. The van der Waals surface area contributed by atoms with Gasteiger partial charge in [0.15, 0.2) is 11.5 Å². The maximum absolute atomic E-state index is 12.7. The van der Waals surface area contributed by atoms with E-state index in [0.29, 0.717) is 5.69 Å². The molecule has 0 fully saturated rings. The van der Waals surface area contributed by atoms with Gasteiger partial charge < -0.3 is 5.73 Å². The summed E-state index contributed by atoms with van der Waals surface area (Å²) in [6.45, 7) is 1.44. The van der Waals surface area contributed by atoms with Crippen molar-refractivity contribution in [2.75, 3.05) is 0 Å². The molecule has 1 aromatic heterocycles. The van der Waals surface area contributed by atoms with Crippen LogP contribution in [0.15, 0.2) is 30.3 Å². The number of nitrogens with two attached hydrogens (primary N) is 1. The molecule has 0 aliphatic carbocycles. The van der Waals surface area contributed by atoms with Gasteiger partial charge in [-0.3, -0.25) is 4.79 Å². The van der Waals surface area contributed by atoms with Crippen LogP contribution in [0.1, 0.15) is 28.7 Å². The van der Waals surface area contributed by atoms with Crippen molar-refractivity contribution >= 4 is 5.78 Å². The highest BCUT2D eigenvalue weighted by molar-refractivity contribution is 5.93. The van der Waals surface area contributed by atoms with Crippen LogP contribution in [0, 0.1) is 0 Å². The van der Waals surface area contributed by atoms with Crippen molar-refractivity contribution in [2.45, 2.75) is 19.6 Å². The molecule has 0 saturated heterocycles. The molecule has 20 heavy (non-hydrogen) atoms. The van der Waals surface area contributed by atoms with E-state index < -0.39 is 17.7 Å². The predicted octanol–water partition coefficient (Wildman–Crippen LogP) is 2.55. The minimum atomic E-state index is -4.60. The quantitative estimate of drug-likeness (QED) is 0.881. The second-order valence-corrected chi connectivity index (χ2v) is 4.25. The number of aromatic nitrogens is 2. The van der Waals surface area contributed by atoms with E-state index in [2.05, 4.69) is 5.10 Å². The molecule has 2 aromatic rings. The lowest BCUT2D eigenvalue weighted by molar-refractivity contribution is -0.141. The number of hydrogen-bond acceptors (Lipinski definition) is 3. The van der Waals surface area contributed by atoms with Crippen LogP contribution in [-0.2, 0) is 12.7 Å². The van der Waals surface area contributed by atoms with Crippen LogP contribution in [0.5, 0.6) is 0 Å². The summed E-state index contributed by atoms with van der Waals surface area (Å²) in [5.41, 5.74) is 5.38. The zero-order chi connectivity index (χ0) is 14.9. The highest BCUT2D eigenvalue weighted by atomic mass is 19.4. The van der Waals surface area contributed by atoms with Gasteiger partial charge in [0.05, 0.1) is 5.69 Å². The monoisotopic (exact) mass is 283 g/mol. The first-order valence-electron chi connectivity index (χ1n) is 5.80. The first kappa shape index (κ1) is 14.3. The molecule has 4 nitrogen and oxygen atoms in total. The van der Waals surface area contributed by atoms with Crippen molar-refractivity contribution in [2.24, 2.45) is 5.73 Å². The standard InChI is InChI=1S/C13H12F3N3O/c1-8(20)11-6-12(13(14,15)16)18-19(11)10-4-2-3-9(5-10)7-17/h2-6H,7,17H2,1H3. The van der Waals surface area contributed by atoms with E-state index in [1.165, 1.54) is 6.92 Å². The summed E-state index contributed by atoms with van der Waals surface area (Å²) in [5, 5.41) is 3.48. The molecule has 7 heteroatoms. The second kappa shape index (κ2) is 5.09. The molecule has 0 unspecified atom stereocenters. The minimum Gasteiger partial charge on any atom is -0.326 e. The Hall–Kier alpha value is -2.15. The number of carbonyl (C=O) groups excluding carboxylic acids is 1. The molecule has 1 aromatic carbocycles. The average Bonchev–Trinajstić information content (AvgIpc) is 2.84. The van der Waals surface area contributed by atoms with Gasteiger partial charge in [-0.05, 0) is 17.7 Å². The maximum atomic E-state index is 12.7. The molecule has 0 amide bonds. The number of benzene rings is 1. The van der Waals surface area contributed by atoms with Crippen molar-refractivity contribution in [1.82, 2.24) is 9.78 Å². The van der Waals surface area contributed by atoms with Crippen molar-refractivity contribution in [1.29, 1.82) is 0 Å². The van der Waals surface area contributed by atoms with Gasteiger partial charge in [0, 0.05) is 19.5 Å². The SMILES string of the molecule is CC(=O)c1cc(C(F)(F)F)nn1-c1cccc(CN)c1. The van der Waals surface area contributed by atoms with E-state index in [1.807, 2.05) is 0 Å². The lowest BCUT2D eigenvalue weighted by Gasteiger charge is -2.07. The normalized spacial score (nSPS) is 11.7. The smallest absolute Gasteiger partial charge is 0.326 e. The van der Waals surface area contributed by atoms with Crippen molar-refractivity contribution < 1.29 is 18.0 Å². The summed E-state index contributed by atoms with van der Waals surface area (Å²) in [4.78, 5) is 11.5. The van der Waals surface area contributed by atoms with Gasteiger partial charge in [-0.2, -0.15) is 18.3 Å². The third kappa shape index (κ3) is 2.72. The Morgan fingerprint density at radius 1 is 1.35 bits per heavy atom. The van der Waals surface area contributed by atoms with Crippen LogP contribution in [-0.4, -0.2) is 15.6 Å². The molecule has 2 rings (SSSR count). The van der Waals surface area contributed by atoms with E-state index in [4.69, 9.17) is 5.73 Å². The molecule has 0 saturated carbocycles. The Morgan fingerprint density at radius 2 is 2.05 bits per heavy atom. The number of ketones is 1. The molecule has 0 spiro atoms. The van der Waals surface area contributed by atoms with Crippen LogP contribution in [0.25, 0.3) is 5.69 Å². The fourth-order valence-electron chi connectivity index (χ4n) is 1.78. The number of halogens is 3. The first-order chi connectivity index (χ1) is 9.32. The molecule has 0 radical (unpaired) electrons. The predicted molar refractivity (Wildman–Crippen MR) is 66.5 cm³/mol. The fraction of sp³-hybridized carbons (Fsp3) is 0.231. The molecule has 1 heterocycles. The lowest BCUT2D eigenvalue weighted by atomic mass is 10.2. The molecule has 0 bridgehead atoms. The Morgan fingerprint density at radius 3 is 2.60 bits per heavy atom. The molecule has 0 atom stereocenters. The first-order valence-corrected chi connectivity index (χ1v) is 5.80. The second-order valence-electron chi connectivity index (χ2n) is 4.25. The number of carbonyl (C=O) groups is 1. The third-order valence-corrected chi connectivity index (χ3v) is 2.75. The topological polar surface area (TPSA) is 60.9 Å². The fourth-order valence-corrected chi connectivity index (χ4v) is 1.78. The zero-order valence-electron chi connectivity index (χ0n) is 10.6. The third-order valence-electron chi connectivity index (χ3n) is 2.75. The van der Waals surface area contributed by atoms with Gasteiger partial charge in [-0.25, -0.2) is 4.68 Å². The average molecular weight is 283 g/mol. The van der Waals surface area contributed by atoms with Gasteiger partial charge in [0.1, 0.15) is 5.69 Å². The maximum Gasteiger partial charge on any atom is 0.435 e. The molecule has 0 aliphatic heterocycles. The van der Waals surface area contributed by atoms with Gasteiger partial charge in [-0.1, -0.05) is 12.1 Å². The Labute approximate surface area is 113 Å². The number of nitrogens with zero attached hydrogens (tertiary/aromatic N) is 2. The van der Waals surface area contributed by atoms with Crippen LogP contribution in [0.3, 0.4) is 0 Å². The summed E-state index contributed by atoms with van der Waals surface area (Å²) in [5.74, 6) is -0.494. The Bertz CT molecular complexity index is 647. The largest absolute Gasteiger partial charge is 0.435 e. The molecule has 106 valence electrons. The summed E-state index contributed by atoms with van der Waals surface area (Å²) in [7, 11) is 0. The van der Waals surface area contributed by atoms with Crippen molar-refractivity contribution in [3.05, 3.63) is 47.3 Å². The van der Waals surface area contributed by atoms with Gasteiger partial charge >= 0.3 is 6.18 Å². The minimum absolute atomic E-state index is 0.119. The summed E-state index contributed by atoms with van der Waals surface area (Å²) < 4.78 is 39.1.